The van der Waals surface area contributed by atoms with Crippen molar-refractivity contribution in [1.29, 1.82) is 0 Å². The summed E-state index contributed by atoms with van der Waals surface area (Å²) in [6.45, 7) is 3.36. The topological polar surface area (TPSA) is 70.2 Å². The number of hydrogen-bond acceptors (Lipinski definition) is 3. The van der Waals surface area contributed by atoms with Gasteiger partial charge in [0.2, 0.25) is 11.8 Å². The normalized spacial score (nSPS) is 17.1. The van der Waals surface area contributed by atoms with E-state index in [2.05, 4.69) is 22.0 Å². The monoisotopic (exact) mass is 275 g/mol. The Kier molecular flexibility index (Phi) is 5.12. The third kappa shape index (κ3) is 3.81. The molecular formula is C15H21N3O2. The quantitative estimate of drug-likeness (QED) is 0.726. The van der Waals surface area contributed by atoms with Gasteiger partial charge in [-0.05, 0) is 24.0 Å². The number of rotatable bonds is 5. The van der Waals surface area contributed by atoms with Crippen molar-refractivity contribution >= 4 is 11.8 Å². The second-order valence-electron chi connectivity index (χ2n) is 4.97. The zero-order valence-corrected chi connectivity index (χ0v) is 11.7. The van der Waals surface area contributed by atoms with Gasteiger partial charge in [-0.2, -0.15) is 0 Å². The molecule has 20 heavy (non-hydrogen) atoms. The van der Waals surface area contributed by atoms with Crippen LogP contribution in [0.15, 0.2) is 24.3 Å². The van der Waals surface area contributed by atoms with Gasteiger partial charge in [0.1, 0.15) is 0 Å². The van der Waals surface area contributed by atoms with Crippen LogP contribution in [0.2, 0.25) is 0 Å². The third-order valence-corrected chi connectivity index (χ3v) is 3.39. The molecule has 5 heteroatoms. The summed E-state index contributed by atoms with van der Waals surface area (Å²) in [4.78, 5) is 23.5. The summed E-state index contributed by atoms with van der Waals surface area (Å²) in [6.07, 6.45) is 1.55. The van der Waals surface area contributed by atoms with Gasteiger partial charge in [0.05, 0.1) is 12.6 Å². The number of carbonyl (C=O) groups excluding carboxylic acids is 2. The predicted octanol–water partition coefficient (Wildman–Crippen LogP) is 0.343. The van der Waals surface area contributed by atoms with Crippen LogP contribution in [0.1, 0.15) is 24.5 Å². The molecule has 2 rings (SSSR count). The van der Waals surface area contributed by atoms with Crippen molar-refractivity contribution in [2.45, 2.75) is 32.4 Å². The van der Waals surface area contributed by atoms with Gasteiger partial charge < -0.3 is 16.0 Å². The van der Waals surface area contributed by atoms with Gasteiger partial charge in [-0.1, -0.05) is 31.2 Å². The molecule has 0 aliphatic carbocycles. The number of carbonyl (C=O) groups is 2. The van der Waals surface area contributed by atoms with Gasteiger partial charge in [-0.25, -0.2) is 0 Å². The van der Waals surface area contributed by atoms with E-state index in [9.17, 15) is 9.59 Å². The molecule has 3 N–H and O–H groups in total. The number of nitrogens with one attached hydrogen (secondary N) is 3. The van der Waals surface area contributed by atoms with Crippen LogP contribution >= 0.6 is 0 Å². The summed E-state index contributed by atoms with van der Waals surface area (Å²) < 4.78 is 0. The first kappa shape index (κ1) is 14.5. The van der Waals surface area contributed by atoms with E-state index in [0.717, 1.165) is 6.42 Å². The molecule has 1 aromatic rings. The van der Waals surface area contributed by atoms with Crippen molar-refractivity contribution in [2.75, 3.05) is 13.1 Å². The van der Waals surface area contributed by atoms with Gasteiger partial charge >= 0.3 is 0 Å². The highest BCUT2D eigenvalue weighted by atomic mass is 16.2. The standard InChI is InChI=1S/C15H21N3O2/c1-2-7-16-14(19)10-18-15(20)13-8-11-5-3-4-6-12(11)9-17-13/h3-6,13,17H,2,7-10H2,1H3,(H,16,19)(H,18,20)/t13-/m0/s1. The number of fused-ring (bicyclic) bond motifs is 1. The van der Waals surface area contributed by atoms with Crippen LogP contribution < -0.4 is 16.0 Å². The fraction of sp³-hybridized carbons (Fsp3) is 0.467. The maximum atomic E-state index is 12.0. The molecule has 0 radical (unpaired) electrons. The van der Waals surface area contributed by atoms with Crippen molar-refractivity contribution in [3.8, 4) is 0 Å². The highest BCUT2D eigenvalue weighted by molar-refractivity contribution is 5.87. The average molecular weight is 275 g/mol. The molecule has 1 aliphatic rings. The summed E-state index contributed by atoms with van der Waals surface area (Å²) in [5.41, 5.74) is 2.43. The molecule has 2 amide bonds. The Morgan fingerprint density at radius 2 is 2.00 bits per heavy atom. The maximum absolute atomic E-state index is 12.0. The van der Waals surface area contributed by atoms with Gasteiger partial charge in [-0.15, -0.1) is 0 Å². The molecule has 0 unspecified atom stereocenters. The van der Waals surface area contributed by atoms with E-state index in [4.69, 9.17) is 0 Å². The lowest BCUT2D eigenvalue weighted by molar-refractivity contribution is -0.127. The lowest BCUT2D eigenvalue weighted by Gasteiger charge is -2.25. The Morgan fingerprint density at radius 3 is 2.75 bits per heavy atom. The lowest BCUT2D eigenvalue weighted by Crippen LogP contribution is -2.49. The molecule has 0 fully saturated rings. The fourth-order valence-corrected chi connectivity index (χ4v) is 2.26. The summed E-state index contributed by atoms with van der Waals surface area (Å²) in [6, 6.07) is 7.83. The molecule has 108 valence electrons. The first-order valence-corrected chi connectivity index (χ1v) is 7.05. The largest absolute Gasteiger partial charge is 0.355 e. The molecular weight excluding hydrogens is 254 g/mol. The molecule has 5 nitrogen and oxygen atoms in total. The minimum atomic E-state index is -0.260. The van der Waals surface area contributed by atoms with Crippen molar-refractivity contribution in [1.82, 2.24) is 16.0 Å². The Balaban J connectivity index is 1.81. The Hall–Kier alpha value is -1.88. The molecule has 1 aliphatic heterocycles. The van der Waals surface area contributed by atoms with Gasteiger partial charge in [0.25, 0.3) is 0 Å². The van der Waals surface area contributed by atoms with E-state index in [1.807, 2.05) is 25.1 Å². The molecule has 1 heterocycles. The van der Waals surface area contributed by atoms with E-state index in [1.54, 1.807) is 0 Å². The van der Waals surface area contributed by atoms with Crippen molar-refractivity contribution in [3.05, 3.63) is 35.4 Å². The molecule has 0 saturated heterocycles. The highest BCUT2D eigenvalue weighted by Crippen LogP contribution is 2.16. The summed E-state index contributed by atoms with van der Waals surface area (Å²) >= 11 is 0. The van der Waals surface area contributed by atoms with Crippen LogP contribution in [0.3, 0.4) is 0 Å². The van der Waals surface area contributed by atoms with E-state index in [-0.39, 0.29) is 24.4 Å². The lowest BCUT2D eigenvalue weighted by atomic mass is 9.95. The Bertz CT molecular complexity index is 488. The molecule has 1 aromatic carbocycles. The maximum Gasteiger partial charge on any atom is 0.239 e. The second-order valence-corrected chi connectivity index (χ2v) is 4.97. The van der Waals surface area contributed by atoms with Crippen LogP contribution in [-0.4, -0.2) is 30.9 Å². The van der Waals surface area contributed by atoms with Crippen molar-refractivity contribution < 1.29 is 9.59 Å². The SMILES string of the molecule is CCCNC(=O)CNC(=O)[C@@H]1Cc2ccccc2CN1. The van der Waals surface area contributed by atoms with Crippen LogP contribution in [0.4, 0.5) is 0 Å². The fourth-order valence-electron chi connectivity index (χ4n) is 2.26. The average Bonchev–Trinajstić information content (AvgIpc) is 2.50. The predicted molar refractivity (Wildman–Crippen MR) is 77.1 cm³/mol. The van der Waals surface area contributed by atoms with Crippen LogP contribution in [0.25, 0.3) is 0 Å². The summed E-state index contributed by atoms with van der Waals surface area (Å²) in [5.74, 6) is -0.262. The number of hydrogen-bond donors (Lipinski definition) is 3. The van der Waals surface area contributed by atoms with Crippen LogP contribution in [0.5, 0.6) is 0 Å². The van der Waals surface area contributed by atoms with E-state index >= 15 is 0 Å². The molecule has 0 bridgehead atoms. The number of amides is 2. The molecule has 0 aromatic heterocycles. The zero-order chi connectivity index (χ0) is 14.4. The molecule has 0 spiro atoms. The van der Waals surface area contributed by atoms with Gasteiger partial charge in [-0.3, -0.25) is 9.59 Å². The smallest absolute Gasteiger partial charge is 0.239 e. The first-order chi connectivity index (χ1) is 9.70. The number of benzene rings is 1. The van der Waals surface area contributed by atoms with E-state index in [1.165, 1.54) is 11.1 Å². The zero-order valence-electron chi connectivity index (χ0n) is 11.7. The van der Waals surface area contributed by atoms with E-state index in [0.29, 0.717) is 19.5 Å². The van der Waals surface area contributed by atoms with Gasteiger partial charge in [0.15, 0.2) is 0 Å². The van der Waals surface area contributed by atoms with E-state index < -0.39 is 0 Å². The second kappa shape index (κ2) is 7.05. The van der Waals surface area contributed by atoms with Gasteiger partial charge in [0, 0.05) is 13.1 Å². The highest BCUT2D eigenvalue weighted by Gasteiger charge is 2.23. The minimum absolute atomic E-state index is 0.0403. The third-order valence-electron chi connectivity index (χ3n) is 3.39. The first-order valence-electron chi connectivity index (χ1n) is 7.05. The molecule has 0 saturated carbocycles. The minimum Gasteiger partial charge on any atom is -0.355 e. The Labute approximate surface area is 119 Å². The van der Waals surface area contributed by atoms with Crippen molar-refractivity contribution in [2.24, 2.45) is 0 Å². The Morgan fingerprint density at radius 1 is 1.25 bits per heavy atom. The summed E-state index contributed by atoms with van der Waals surface area (Å²) in [7, 11) is 0. The molecule has 1 atom stereocenters. The van der Waals surface area contributed by atoms with Crippen LogP contribution in [-0.2, 0) is 22.6 Å². The summed E-state index contributed by atoms with van der Waals surface area (Å²) in [5, 5.41) is 8.61. The van der Waals surface area contributed by atoms with Crippen LogP contribution in [0, 0.1) is 0 Å². The van der Waals surface area contributed by atoms with Crippen molar-refractivity contribution in [3.63, 3.8) is 0 Å².